The molecule has 0 bridgehead atoms. The van der Waals surface area contributed by atoms with E-state index in [9.17, 15) is 0 Å². The van der Waals surface area contributed by atoms with E-state index in [1.54, 1.807) is 0 Å². The van der Waals surface area contributed by atoms with Crippen molar-refractivity contribution in [1.82, 2.24) is 0 Å². The molecule has 0 radical (unpaired) electrons. The van der Waals surface area contributed by atoms with Crippen molar-refractivity contribution in [3.05, 3.63) is 130 Å². The lowest BCUT2D eigenvalue weighted by molar-refractivity contribution is 0.955. The highest BCUT2D eigenvalue weighted by Gasteiger charge is 2.18. The van der Waals surface area contributed by atoms with Crippen LogP contribution in [0.2, 0.25) is 0 Å². The van der Waals surface area contributed by atoms with Gasteiger partial charge in [-0.3, -0.25) is 0 Å². The number of aryl methyl sites for hydroxylation is 4. The van der Waals surface area contributed by atoms with Crippen molar-refractivity contribution in [3.8, 4) is 11.1 Å². The van der Waals surface area contributed by atoms with Crippen molar-refractivity contribution >= 4 is 0 Å². The van der Waals surface area contributed by atoms with Gasteiger partial charge in [-0.2, -0.15) is 0 Å². The summed E-state index contributed by atoms with van der Waals surface area (Å²) in [5, 5.41) is 0. The SMILES string of the molecule is c1ccc(CCc2ccc3c(c2)Cc2cc(CCc4ccccc4)ccc2-3)cc1. The topological polar surface area (TPSA) is 0 Å². The van der Waals surface area contributed by atoms with E-state index in [0.29, 0.717) is 0 Å². The molecular weight excluding hydrogens is 348 g/mol. The van der Waals surface area contributed by atoms with Crippen LogP contribution in [0, 0.1) is 0 Å². The average Bonchev–Trinajstić information content (AvgIpc) is 3.14. The fourth-order valence-corrected chi connectivity index (χ4v) is 4.50. The first-order chi connectivity index (χ1) is 14.3. The number of fused-ring (bicyclic) bond motifs is 3. The van der Waals surface area contributed by atoms with E-state index >= 15 is 0 Å². The molecule has 0 nitrogen and oxygen atoms in total. The van der Waals surface area contributed by atoms with Crippen LogP contribution in [0.3, 0.4) is 0 Å². The van der Waals surface area contributed by atoms with Crippen molar-refractivity contribution < 1.29 is 0 Å². The highest BCUT2D eigenvalue weighted by Crippen LogP contribution is 2.37. The Balaban J connectivity index is 1.28. The van der Waals surface area contributed by atoms with E-state index < -0.39 is 0 Å². The summed E-state index contributed by atoms with van der Waals surface area (Å²) in [5.41, 5.74) is 11.6. The van der Waals surface area contributed by atoms with Crippen LogP contribution in [0.15, 0.2) is 97.1 Å². The third-order valence-electron chi connectivity index (χ3n) is 6.10. The fraction of sp³-hybridized carbons (Fsp3) is 0.172. The van der Waals surface area contributed by atoms with Gasteiger partial charge in [0.2, 0.25) is 0 Å². The van der Waals surface area contributed by atoms with E-state index in [1.807, 2.05) is 0 Å². The van der Waals surface area contributed by atoms with Gasteiger partial charge in [-0.05, 0) is 76.6 Å². The third kappa shape index (κ3) is 4.03. The van der Waals surface area contributed by atoms with Crippen LogP contribution in [0.4, 0.5) is 0 Å². The van der Waals surface area contributed by atoms with Crippen LogP contribution in [0.5, 0.6) is 0 Å². The predicted octanol–water partition coefficient (Wildman–Crippen LogP) is 6.83. The molecule has 0 saturated carbocycles. The largest absolute Gasteiger partial charge is 0.0622 e. The molecule has 0 spiro atoms. The first-order valence-electron chi connectivity index (χ1n) is 10.7. The molecule has 4 aromatic rings. The summed E-state index contributed by atoms with van der Waals surface area (Å²) < 4.78 is 0. The van der Waals surface area contributed by atoms with Crippen LogP contribution in [-0.4, -0.2) is 0 Å². The van der Waals surface area contributed by atoms with E-state index in [0.717, 1.165) is 32.1 Å². The summed E-state index contributed by atoms with van der Waals surface area (Å²) in [6.07, 6.45) is 5.50. The van der Waals surface area contributed by atoms with Gasteiger partial charge in [-0.25, -0.2) is 0 Å². The monoisotopic (exact) mass is 374 g/mol. The van der Waals surface area contributed by atoms with E-state index in [2.05, 4.69) is 97.1 Å². The molecule has 1 aliphatic carbocycles. The van der Waals surface area contributed by atoms with Gasteiger partial charge in [0.15, 0.2) is 0 Å². The molecule has 0 atom stereocenters. The van der Waals surface area contributed by atoms with Crippen LogP contribution in [0.25, 0.3) is 11.1 Å². The summed E-state index contributed by atoms with van der Waals surface area (Å²) in [6.45, 7) is 0. The molecule has 0 aromatic heterocycles. The maximum atomic E-state index is 2.43. The second-order valence-corrected chi connectivity index (χ2v) is 8.13. The summed E-state index contributed by atoms with van der Waals surface area (Å²) in [6, 6.07) is 35.8. The Labute approximate surface area is 173 Å². The Hall–Kier alpha value is -3.12. The first kappa shape index (κ1) is 17.9. The highest BCUT2D eigenvalue weighted by molar-refractivity contribution is 5.77. The molecule has 0 heteroatoms. The molecule has 4 aromatic carbocycles. The molecule has 5 rings (SSSR count). The van der Waals surface area contributed by atoms with Crippen molar-refractivity contribution in [1.29, 1.82) is 0 Å². The molecule has 0 fully saturated rings. The van der Waals surface area contributed by atoms with Gasteiger partial charge in [0.1, 0.15) is 0 Å². The van der Waals surface area contributed by atoms with Crippen LogP contribution < -0.4 is 0 Å². The Morgan fingerprint density at radius 3 is 1.28 bits per heavy atom. The standard InChI is InChI=1S/C29H26/c1-3-7-22(8-4-1)11-13-24-15-17-28-26(19-24)21-27-20-25(16-18-29(27)28)14-12-23-9-5-2-6-10-23/h1-10,15-20H,11-14,21H2. The van der Waals surface area contributed by atoms with Gasteiger partial charge in [-0.15, -0.1) is 0 Å². The molecule has 0 aliphatic heterocycles. The maximum Gasteiger partial charge on any atom is -0.00133 e. The normalized spacial score (nSPS) is 11.9. The number of benzene rings is 4. The number of hydrogen-bond donors (Lipinski definition) is 0. The zero-order valence-corrected chi connectivity index (χ0v) is 16.8. The zero-order valence-electron chi connectivity index (χ0n) is 16.8. The molecule has 0 unspecified atom stereocenters. The van der Waals surface area contributed by atoms with Crippen molar-refractivity contribution in [2.24, 2.45) is 0 Å². The van der Waals surface area contributed by atoms with Gasteiger partial charge in [0, 0.05) is 0 Å². The van der Waals surface area contributed by atoms with Gasteiger partial charge in [0.05, 0.1) is 0 Å². The quantitative estimate of drug-likeness (QED) is 0.306. The lowest BCUT2D eigenvalue weighted by Crippen LogP contribution is -1.93. The number of rotatable bonds is 6. The van der Waals surface area contributed by atoms with Crippen LogP contribution in [-0.2, 0) is 32.1 Å². The second kappa shape index (κ2) is 8.09. The molecule has 0 saturated heterocycles. The average molecular weight is 375 g/mol. The second-order valence-electron chi connectivity index (χ2n) is 8.13. The molecule has 0 heterocycles. The van der Waals surface area contributed by atoms with E-state index in [-0.39, 0.29) is 0 Å². The summed E-state index contributed by atoms with van der Waals surface area (Å²) in [4.78, 5) is 0. The number of hydrogen-bond acceptors (Lipinski definition) is 0. The molecule has 0 amide bonds. The highest BCUT2D eigenvalue weighted by atomic mass is 14.2. The van der Waals surface area contributed by atoms with Gasteiger partial charge in [0.25, 0.3) is 0 Å². The minimum atomic E-state index is 1.07. The molecule has 1 aliphatic rings. The van der Waals surface area contributed by atoms with Gasteiger partial charge in [-0.1, -0.05) is 97.1 Å². The maximum absolute atomic E-state index is 2.43. The predicted molar refractivity (Wildman–Crippen MR) is 122 cm³/mol. The van der Waals surface area contributed by atoms with Crippen molar-refractivity contribution in [2.75, 3.05) is 0 Å². The molecule has 29 heavy (non-hydrogen) atoms. The smallest absolute Gasteiger partial charge is 0.00133 e. The minimum absolute atomic E-state index is 1.07. The molecule has 0 N–H and O–H groups in total. The minimum Gasteiger partial charge on any atom is -0.0622 e. The first-order valence-corrected chi connectivity index (χ1v) is 10.7. The Morgan fingerprint density at radius 1 is 0.414 bits per heavy atom. The Morgan fingerprint density at radius 2 is 0.828 bits per heavy atom. The summed E-state index contributed by atoms with van der Waals surface area (Å²) >= 11 is 0. The van der Waals surface area contributed by atoms with Crippen LogP contribution >= 0.6 is 0 Å². The molecular formula is C29H26. The van der Waals surface area contributed by atoms with Crippen LogP contribution in [0.1, 0.15) is 33.4 Å². The van der Waals surface area contributed by atoms with Gasteiger partial charge >= 0.3 is 0 Å². The zero-order chi connectivity index (χ0) is 19.5. The van der Waals surface area contributed by atoms with Crippen molar-refractivity contribution in [2.45, 2.75) is 32.1 Å². The van der Waals surface area contributed by atoms with E-state index in [1.165, 1.54) is 44.5 Å². The molecule has 142 valence electrons. The Kier molecular flexibility index (Phi) is 5.01. The fourth-order valence-electron chi connectivity index (χ4n) is 4.50. The Bertz CT molecular complexity index is 1020. The van der Waals surface area contributed by atoms with Crippen molar-refractivity contribution in [3.63, 3.8) is 0 Å². The lowest BCUT2D eigenvalue weighted by Gasteiger charge is -2.07. The third-order valence-corrected chi connectivity index (χ3v) is 6.10. The van der Waals surface area contributed by atoms with E-state index in [4.69, 9.17) is 0 Å². The summed E-state index contributed by atoms with van der Waals surface area (Å²) in [7, 11) is 0. The lowest BCUT2D eigenvalue weighted by atomic mass is 9.98. The van der Waals surface area contributed by atoms with Gasteiger partial charge < -0.3 is 0 Å². The summed E-state index contributed by atoms with van der Waals surface area (Å²) in [5.74, 6) is 0.